The zero-order chi connectivity index (χ0) is 13.4. The lowest BCUT2D eigenvalue weighted by atomic mass is 10.2. The number of rotatable bonds is 7. The molecule has 7 heteroatoms. The minimum absolute atomic E-state index is 0.0469. The molecule has 0 fully saturated rings. The van der Waals surface area contributed by atoms with Gasteiger partial charge >= 0.3 is 0 Å². The van der Waals surface area contributed by atoms with Crippen LogP contribution in [-0.4, -0.2) is 44.1 Å². The maximum Gasteiger partial charge on any atom is 0.261 e. The fourth-order valence-corrected chi connectivity index (χ4v) is 1.30. The highest BCUT2D eigenvalue weighted by molar-refractivity contribution is 5.99. The quantitative estimate of drug-likeness (QED) is 0.721. The zero-order valence-corrected chi connectivity index (χ0v) is 9.95. The standard InChI is InChI=1S/C11H15F2N3O2/c1-14-9-2-3-15-6-8(9)11(17)16-4-5-18-7-10(12)13/h2-3,6,10H,4-5,7H2,1H3,(H,14,15)(H,16,17). The molecule has 2 N–H and O–H groups in total. The van der Waals surface area contributed by atoms with Crippen molar-refractivity contribution in [2.24, 2.45) is 0 Å². The number of carbonyl (C=O) groups is 1. The molecule has 0 bridgehead atoms. The number of carbonyl (C=O) groups excluding carboxylic acids is 1. The van der Waals surface area contributed by atoms with Crippen molar-refractivity contribution in [2.45, 2.75) is 6.43 Å². The van der Waals surface area contributed by atoms with E-state index in [1.165, 1.54) is 6.20 Å². The molecule has 0 aromatic carbocycles. The van der Waals surface area contributed by atoms with Gasteiger partial charge in [-0.1, -0.05) is 0 Å². The van der Waals surface area contributed by atoms with Crippen LogP contribution in [-0.2, 0) is 4.74 Å². The molecule has 1 rings (SSSR count). The summed E-state index contributed by atoms with van der Waals surface area (Å²) < 4.78 is 28.2. The summed E-state index contributed by atoms with van der Waals surface area (Å²) in [4.78, 5) is 15.6. The summed E-state index contributed by atoms with van der Waals surface area (Å²) in [5, 5.41) is 5.42. The van der Waals surface area contributed by atoms with E-state index >= 15 is 0 Å². The van der Waals surface area contributed by atoms with Gasteiger partial charge in [-0.15, -0.1) is 0 Å². The van der Waals surface area contributed by atoms with Gasteiger partial charge in [0.2, 0.25) is 0 Å². The fourth-order valence-electron chi connectivity index (χ4n) is 1.30. The van der Waals surface area contributed by atoms with Gasteiger partial charge in [0.1, 0.15) is 6.61 Å². The first kappa shape index (κ1) is 14.3. The van der Waals surface area contributed by atoms with E-state index in [1.807, 2.05) is 0 Å². The van der Waals surface area contributed by atoms with Crippen LogP contribution in [0.25, 0.3) is 0 Å². The van der Waals surface area contributed by atoms with Crippen LogP contribution in [0.1, 0.15) is 10.4 Å². The van der Waals surface area contributed by atoms with Gasteiger partial charge in [-0.05, 0) is 6.07 Å². The van der Waals surface area contributed by atoms with E-state index < -0.39 is 13.0 Å². The van der Waals surface area contributed by atoms with E-state index in [1.54, 1.807) is 19.3 Å². The van der Waals surface area contributed by atoms with Gasteiger partial charge < -0.3 is 15.4 Å². The number of ether oxygens (including phenoxy) is 1. The summed E-state index contributed by atoms with van der Waals surface area (Å²) in [5.74, 6) is -0.326. The summed E-state index contributed by atoms with van der Waals surface area (Å²) >= 11 is 0. The Morgan fingerprint density at radius 3 is 3.00 bits per heavy atom. The second kappa shape index (κ2) is 7.54. The van der Waals surface area contributed by atoms with E-state index in [2.05, 4.69) is 20.4 Å². The molecule has 0 atom stereocenters. The number of halogens is 2. The Balaban J connectivity index is 2.36. The Labute approximate surface area is 104 Å². The lowest BCUT2D eigenvalue weighted by molar-refractivity contribution is 0.0188. The predicted molar refractivity (Wildman–Crippen MR) is 62.9 cm³/mol. The zero-order valence-electron chi connectivity index (χ0n) is 9.95. The van der Waals surface area contributed by atoms with Gasteiger partial charge in [0.15, 0.2) is 0 Å². The smallest absolute Gasteiger partial charge is 0.261 e. The first-order valence-corrected chi connectivity index (χ1v) is 5.41. The topological polar surface area (TPSA) is 63.2 Å². The molecule has 18 heavy (non-hydrogen) atoms. The lowest BCUT2D eigenvalue weighted by Crippen LogP contribution is -2.28. The normalized spacial score (nSPS) is 10.4. The third-order valence-corrected chi connectivity index (χ3v) is 2.11. The van der Waals surface area contributed by atoms with Crippen LogP contribution in [0.5, 0.6) is 0 Å². The number of alkyl halides is 2. The summed E-state index contributed by atoms with van der Waals surface area (Å²) in [5.41, 5.74) is 1.05. The molecular formula is C11H15F2N3O2. The number of anilines is 1. The fraction of sp³-hybridized carbons (Fsp3) is 0.455. The Bertz CT molecular complexity index is 388. The van der Waals surface area contributed by atoms with Crippen LogP contribution in [0.15, 0.2) is 18.5 Å². The maximum absolute atomic E-state index is 11.8. The third-order valence-electron chi connectivity index (χ3n) is 2.11. The predicted octanol–water partition coefficient (Wildman–Crippen LogP) is 1.13. The van der Waals surface area contributed by atoms with Crippen molar-refractivity contribution in [2.75, 3.05) is 32.1 Å². The molecule has 100 valence electrons. The van der Waals surface area contributed by atoms with Gasteiger partial charge in [0.25, 0.3) is 12.3 Å². The molecule has 5 nitrogen and oxygen atoms in total. The van der Waals surface area contributed by atoms with Gasteiger partial charge in [0, 0.05) is 31.7 Å². The highest BCUT2D eigenvalue weighted by Crippen LogP contribution is 2.11. The highest BCUT2D eigenvalue weighted by Gasteiger charge is 2.10. The number of nitrogens with zero attached hydrogens (tertiary/aromatic N) is 1. The molecule has 0 unspecified atom stereocenters. The average Bonchev–Trinajstić information content (AvgIpc) is 2.37. The van der Waals surface area contributed by atoms with Crippen LogP contribution >= 0.6 is 0 Å². The van der Waals surface area contributed by atoms with Crippen molar-refractivity contribution in [3.05, 3.63) is 24.0 Å². The highest BCUT2D eigenvalue weighted by atomic mass is 19.3. The van der Waals surface area contributed by atoms with Crippen LogP contribution in [0.4, 0.5) is 14.5 Å². The Kier molecular flexibility index (Phi) is 5.99. The first-order chi connectivity index (χ1) is 8.65. The largest absolute Gasteiger partial charge is 0.387 e. The van der Waals surface area contributed by atoms with Gasteiger partial charge in [0.05, 0.1) is 12.2 Å². The van der Waals surface area contributed by atoms with Crippen LogP contribution < -0.4 is 10.6 Å². The molecule has 1 aromatic heterocycles. The second-order valence-electron chi connectivity index (χ2n) is 3.39. The summed E-state index contributed by atoms with van der Waals surface area (Å²) in [6, 6.07) is 1.67. The van der Waals surface area contributed by atoms with Crippen molar-refractivity contribution in [3.63, 3.8) is 0 Å². The number of aromatic nitrogens is 1. The van der Waals surface area contributed by atoms with E-state index in [0.717, 1.165) is 0 Å². The van der Waals surface area contributed by atoms with Crippen molar-refractivity contribution >= 4 is 11.6 Å². The monoisotopic (exact) mass is 259 g/mol. The van der Waals surface area contributed by atoms with E-state index in [4.69, 9.17) is 0 Å². The molecule has 1 aromatic rings. The summed E-state index contributed by atoms with van der Waals surface area (Å²) in [7, 11) is 1.69. The van der Waals surface area contributed by atoms with E-state index in [9.17, 15) is 13.6 Å². The molecule has 0 saturated heterocycles. The molecule has 0 saturated carbocycles. The van der Waals surface area contributed by atoms with Gasteiger partial charge in [-0.2, -0.15) is 0 Å². The number of amides is 1. The van der Waals surface area contributed by atoms with Crippen molar-refractivity contribution < 1.29 is 18.3 Å². The first-order valence-electron chi connectivity index (χ1n) is 5.41. The van der Waals surface area contributed by atoms with Crippen LogP contribution in [0.3, 0.4) is 0 Å². The van der Waals surface area contributed by atoms with Gasteiger partial charge in [-0.3, -0.25) is 9.78 Å². The minimum Gasteiger partial charge on any atom is -0.387 e. The molecule has 0 spiro atoms. The Morgan fingerprint density at radius 1 is 1.56 bits per heavy atom. The molecule has 0 aliphatic rings. The lowest BCUT2D eigenvalue weighted by Gasteiger charge is -2.09. The van der Waals surface area contributed by atoms with E-state index in [-0.39, 0.29) is 19.1 Å². The summed E-state index contributed by atoms with van der Waals surface area (Å²) in [6.45, 7) is -0.403. The molecule has 0 radical (unpaired) electrons. The van der Waals surface area contributed by atoms with Crippen molar-refractivity contribution in [3.8, 4) is 0 Å². The molecule has 1 amide bonds. The summed E-state index contributed by atoms with van der Waals surface area (Å²) in [6.07, 6.45) is 0.505. The van der Waals surface area contributed by atoms with Crippen LogP contribution in [0, 0.1) is 0 Å². The number of hydrogen-bond acceptors (Lipinski definition) is 4. The Hall–Kier alpha value is -1.76. The van der Waals surface area contributed by atoms with E-state index in [0.29, 0.717) is 11.3 Å². The SMILES string of the molecule is CNc1ccncc1C(=O)NCCOCC(F)F. The number of hydrogen-bond donors (Lipinski definition) is 2. The molecule has 0 aliphatic carbocycles. The third kappa shape index (κ3) is 4.62. The van der Waals surface area contributed by atoms with Crippen molar-refractivity contribution in [1.29, 1.82) is 0 Å². The number of nitrogens with one attached hydrogen (secondary N) is 2. The van der Waals surface area contributed by atoms with Crippen molar-refractivity contribution in [1.82, 2.24) is 10.3 Å². The molecular weight excluding hydrogens is 244 g/mol. The number of pyridine rings is 1. The maximum atomic E-state index is 11.8. The minimum atomic E-state index is -2.49. The van der Waals surface area contributed by atoms with Gasteiger partial charge in [-0.25, -0.2) is 8.78 Å². The van der Waals surface area contributed by atoms with Crippen LogP contribution in [0.2, 0.25) is 0 Å². The second-order valence-corrected chi connectivity index (χ2v) is 3.39. The average molecular weight is 259 g/mol. The Morgan fingerprint density at radius 2 is 2.33 bits per heavy atom. The molecule has 0 aliphatic heterocycles. The molecule has 1 heterocycles.